The van der Waals surface area contributed by atoms with Gasteiger partial charge in [0.05, 0.1) is 12.4 Å². The van der Waals surface area contributed by atoms with Crippen molar-refractivity contribution in [1.29, 1.82) is 0 Å². The first-order valence-electron chi connectivity index (χ1n) is 4.58. The largest absolute Gasteiger partial charge is 0.591 e. The van der Waals surface area contributed by atoms with E-state index in [1.165, 1.54) is 12.3 Å². The molecule has 0 saturated carbocycles. The van der Waals surface area contributed by atoms with Crippen molar-refractivity contribution < 1.29 is 8.94 Å². The van der Waals surface area contributed by atoms with E-state index in [0.717, 1.165) is 6.20 Å². The number of halogens is 2. The van der Waals surface area contributed by atoms with Crippen molar-refractivity contribution in [2.24, 2.45) is 4.40 Å². The molecular weight excluding hydrogens is 251 g/mol. The Labute approximate surface area is 102 Å². The predicted octanol–water partition coefficient (Wildman–Crippen LogP) is 2.76. The van der Waals surface area contributed by atoms with Gasteiger partial charge in [-0.25, -0.2) is 9.37 Å². The Hall–Kier alpha value is -0.650. The van der Waals surface area contributed by atoms with Gasteiger partial charge in [0.1, 0.15) is 21.3 Å². The molecule has 1 aromatic rings. The molecule has 1 aromatic heterocycles. The zero-order valence-corrected chi connectivity index (χ0v) is 10.8. The van der Waals surface area contributed by atoms with Crippen LogP contribution in [-0.4, -0.2) is 20.5 Å². The molecule has 1 unspecified atom stereocenters. The van der Waals surface area contributed by atoms with Gasteiger partial charge in [-0.2, -0.15) is 0 Å². The third-order valence-electron chi connectivity index (χ3n) is 1.66. The molecule has 88 valence electrons. The third kappa shape index (κ3) is 3.73. The topological polar surface area (TPSA) is 48.3 Å². The minimum absolute atomic E-state index is 0.171. The van der Waals surface area contributed by atoms with E-state index >= 15 is 0 Å². The van der Waals surface area contributed by atoms with E-state index in [2.05, 4.69) is 9.38 Å². The molecule has 0 spiro atoms. The van der Waals surface area contributed by atoms with Gasteiger partial charge in [-0.15, -0.1) is 0 Å². The zero-order valence-electron chi connectivity index (χ0n) is 9.20. The highest BCUT2D eigenvalue weighted by Crippen LogP contribution is 2.17. The molecule has 0 aliphatic heterocycles. The highest BCUT2D eigenvalue weighted by atomic mass is 35.5. The van der Waals surface area contributed by atoms with Crippen LogP contribution < -0.4 is 0 Å². The molecule has 0 aliphatic carbocycles. The molecule has 0 radical (unpaired) electrons. The fourth-order valence-electron chi connectivity index (χ4n) is 0.789. The summed E-state index contributed by atoms with van der Waals surface area (Å²) in [6.07, 6.45) is 2.22. The molecule has 0 bridgehead atoms. The van der Waals surface area contributed by atoms with Crippen LogP contribution in [0.5, 0.6) is 0 Å². The van der Waals surface area contributed by atoms with Crippen LogP contribution in [0.2, 0.25) is 5.15 Å². The maximum Gasteiger partial charge on any atom is 0.150 e. The summed E-state index contributed by atoms with van der Waals surface area (Å²) in [5.41, 5.74) is 0.178. The van der Waals surface area contributed by atoms with Crippen molar-refractivity contribution in [2.75, 3.05) is 0 Å². The Kier molecular flexibility index (Phi) is 4.29. The van der Waals surface area contributed by atoms with Gasteiger partial charge >= 0.3 is 0 Å². The average molecular weight is 263 g/mol. The van der Waals surface area contributed by atoms with Gasteiger partial charge in [-0.05, 0) is 26.8 Å². The summed E-state index contributed by atoms with van der Waals surface area (Å²) in [7, 11) is 0. The molecular formula is C10H12ClFN2OS. The molecule has 3 nitrogen and oxygen atoms in total. The Morgan fingerprint density at radius 2 is 2.19 bits per heavy atom. The monoisotopic (exact) mass is 262 g/mol. The maximum atomic E-state index is 13.2. The summed E-state index contributed by atoms with van der Waals surface area (Å²) < 4.78 is 28.1. The number of hydrogen-bond acceptors (Lipinski definition) is 3. The van der Waals surface area contributed by atoms with Crippen molar-refractivity contribution in [1.82, 2.24) is 4.98 Å². The molecule has 6 heteroatoms. The lowest BCUT2D eigenvalue weighted by Crippen LogP contribution is -2.25. The summed E-state index contributed by atoms with van der Waals surface area (Å²) in [5.74, 6) is -0.543. The van der Waals surface area contributed by atoms with Gasteiger partial charge in [0, 0.05) is 5.56 Å². The molecule has 1 atom stereocenters. The second kappa shape index (κ2) is 5.12. The fraction of sp³-hybridized carbons (Fsp3) is 0.400. The summed E-state index contributed by atoms with van der Waals surface area (Å²) in [4.78, 5) is 3.57. The minimum Gasteiger partial charge on any atom is -0.591 e. The molecule has 1 heterocycles. The van der Waals surface area contributed by atoms with Crippen LogP contribution in [0.1, 0.15) is 26.3 Å². The van der Waals surface area contributed by atoms with Crippen LogP contribution in [0.15, 0.2) is 16.7 Å². The van der Waals surface area contributed by atoms with E-state index in [9.17, 15) is 8.94 Å². The van der Waals surface area contributed by atoms with Crippen LogP contribution in [0.4, 0.5) is 4.39 Å². The van der Waals surface area contributed by atoms with Crippen molar-refractivity contribution >= 4 is 29.2 Å². The van der Waals surface area contributed by atoms with E-state index in [1.54, 1.807) is 20.8 Å². The zero-order chi connectivity index (χ0) is 12.3. The summed E-state index contributed by atoms with van der Waals surface area (Å²) in [6.45, 7) is 5.36. The molecule has 0 amide bonds. The second-order valence-electron chi connectivity index (χ2n) is 4.12. The van der Waals surface area contributed by atoms with E-state index in [-0.39, 0.29) is 10.7 Å². The smallest absolute Gasteiger partial charge is 0.150 e. The number of pyridine rings is 1. The van der Waals surface area contributed by atoms with Crippen LogP contribution in [0.3, 0.4) is 0 Å². The Morgan fingerprint density at radius 1 is 1.56 bits per heavy atom. The summed E-state index contributed by atoms with van der Waals surface area (Å²) >= 11 is 4.19. The van der Waals surface area contributed by atoms with Crippen LogP contribution in [0.25, 0.3) is 0 Å². The molecule has 16 heavy (non-hydrogen) atoms. The van der Waals surface area contributed by atoms with Gasteiger partial charge in [0.25, 0.3) is 0 Å². The number of rotatable bonds is 2. The van der Waals surface area contributed by atoms with Crippen molar-refractivity contribution in [3.8, 4) is 0 Å². The van der Waals surface area contributed by atoms with Crippen LogP contribution >= 0.6 is 11.6 Å². The van der Waals surface area contributed by atoms with Crippen LogP contribution in [0, 0.1) is 5.82 Å². The molecule has 0 saturated heterocycles. The Balaban J connectivity index is 2.88. The Morgan fingerprint density at radius 3 is 2.75 bits per heavy atom. The Bertz CT molecular complexity index is 406. The highest BCUT2D eigenvalue weighted by Gasteiger charge is 2.25. The van der Waals surface area contributed by atoms with E-state index < -0.39 is 21.9 Å². The summed E-state index contributed by atoms with van der Waals surface area (Å²) in [6, 6.07) is 1.33. The van der Waals surface area contributed by atoms with Gasteiger partial charge in [-0.3, -0.25) is 0 Å². The SMILES string of the molecule is CC(C)(C)[S+]([O-])/N=C/c1cc(Cl)ncc1F. The van der Waals surface area contributed by atoms with Gasteiger partial charge < -0.3 is 4.55 Å². The normalized spacial score (nSPS) is 14.4. The average Bonchev–Trinajstić information content (AvgIpc) is 2.17. The minimum atomic E-state index is -1.41. The molecule has 0 N–H and O–H groups in total. The standard InChI is InChI=1S/C10H12ClFN2OS/c1-10(2,3)16(15)14-5-7-4-9(11)13-6-8(7)12/h4-6H,1-3H3/b14-5+. The highest BCUT2D eigenvalue weighted by molar-refractivity contribution is 7.91. The lowest BCUT2D eigenvalue weighted by molar-refractivity contribution is 0.561. The quantitative estimate of drug-likeness (QED) is 0.467. The predicted molar refractivity (Wildman–Crippen MR) is 64.7 cm³/mol. The fourth-order valence-corrected chi connectivity index (χ4v) is 1.48. The third-order valence-corrected chi connectivity index (χ3v) is 3.21. The van der Waals surface area contributed by atoms with E-state index in [0.29, 0.717) is 0 Å². The molecule has 0 aliphatic rings. The summed E-state index contributed by atoms with van der Waals surface area (Å²) in [5, 5.41) is 0.171. The first kappa shape index (κ1) is 13.4. The lowest BCUT2D eigenvalue weighted by Gasteiger charge is -2.17. The second-order valence-corrected chi connectivity index (χ2v) is 6.45. The van der Waals surface area contributed by atoms with Crippen molar-refractivity contribution in [3.05, 3.63) is 28.8 Å². The lowest BCUT2D eigenvalue weighted by atomic mass is 10.3. The number of aromatic nitrogens is 1. The van der Waals surface area contributed by atoms with Crippen molar-refractivity contribution in [2.45, 2.75) is 25.5 Å². The van der Waals surface area contributed by atoms with Gasteiger partial charge in [0.2, 0.25) is 0 Å². The van der Waals surface area contributed by atoms with E-state index in [1.807, 2.05) is 0 Å². The number of nitrogens with zero attached hydrogens (tertiary/aromatic N) is 2. The van der Waals surface area contributed by atoms with Crippen molar-refractivity contribution in [3.63, 3.8) is 0 Å². The van der Waals surface area contributed by atoms with Crippen LogP contribution in [-0.2, 0) is 11.4 Å². The first-order valence-corrected chi connectivity index (χ1v) is 6.06. The molecule has 0 fully saturated rings. The first-order chi connectivity index (χ1) is 7.30. The maximum absolute atomic E-state index is 13.2. The number of hydrogen-bond donors (Lipinski definition) is 0. The van der Waals surface area contributed by atoms with Gasteiger partial charge in [-0.1, -0.05) is 16.0 Å². The van der Waals surface area contributed by atoms with Gasteiger partial charge in [0.15, 0.2) is 5.82 Å². The molecule has 1 rings (SSSR count). The van der Waals surface area contributed by atoms with E-state index in [4.69, 9.17) is 11.6 Å². The molecule has 0 aromatic carbocycles.